The summed E-state index contributed by atoms with van der Waals surface area (Å²) in [5.74, 6) is -0.319. The van der Waals surface area contributed by atoms with Crippen LogP contribution in [0.5, 0.6) is 5.75 Å². The largest absolute Gasteiger partial charge is 0.497 e. The molecule has 0 spiro atoms. The van der Waals surface area contributed by atoms with Crippen LogP contribution < -0.4 is 10.1 Å². The van der Waals surface area contributed by atoms with Gasteiger partial charge in [0.25, 0.3) is 0 Å². The Bertz CT molecular complexity index is 537. The lowest BCUT2D eigenvalue weighted by atomic mass is 10.1. The average molecular weight is 263 g/mol. The van der Waals surface area contributed by atoms with E-state index in [9.17, 15) is 4.79 Å². The molecule has 0 aliphatic carbocycles. The molecule has 0 fully saturated rings. The first kappa shape index (κ1) is 12.4. The highest BCUT2D eigenvalue weighted by molar-refractivity contribution is 7.09. The molecule has 1 heterocycles. The number of carbonyl (C=O) groups is 1. The van der Waals surface area contributed by atoms with Gasteiger partial charge in [-0.05, 0) is 23.6 Å². The first-order valence-electron chi connectivity index (χ1n) is 5.38. The molecule has 1 aromatic carbocycles. The number of methoxy groups -OCH3 is 1. The van der Waals surface area contributed by atoms with E-state index in [-0.39, 0.29) is 5.56 Å². The van der Waals surface area contributed by atoms with Gasteiger partial charge in [0.1, 0.15) is 5.75 Å². The zero-order valence-corrected chi connectivity index (χ0v) is 10.7. The van der Waals surface area contributed by atoms with E-state index in [0.717, 1.165) is 4.88 Å². The topological polar surface area (TPSA) is 58.6 Å². The zero-order chi connectivity index (χ0) is 13.0. The Morgan fingerprint density at radius 1 is 1.44 bits per heavy atom. The maximum Gasteiger partial charge on any atom is 0.337 e. The second-order valence-corrected chi connectivity index (χ2v) is 4.68. The molecule has 2 N–H and O–H groups in total. The van der Waals surface area contributed by atoms with Crippen molar-refractivity contribution in [3.63, 3.8) is 0 Å². The summed E-state index contributed by atoms with van der Waals surface area (Å²) < 4.78 is 5.10. The minimum absolute atomic E-state index is 0.243. The second kappa shape index (κ2) is 5.55. The Hall–Kier alpha value is -2.01. The average Bonchev–Trinajstić information content (AvgIpc) is 2.88. The van der Waals surface area contributed by atoms with Gasteiger partial charge in [-0.15, -0.1) is 11.3 Å². The van der Waals surface area contributed by atoms with Crippen LogP contribution >= 0.6 is 11.3 Å². The van der Waals surface area contributed by atoms with Crippen LogP contribution in [0.4, 0.5) is 5.69 Å². The fourth-order valence-electron chi connectivity index (χ4n) is 1.58. The van der Waals surface area contributed by atoms with Gasteiger partial charge < -0.3 is 15.2 Å². The molecular formula is C13H13NO3S. The molecule has 0 aliphatic heterocycles. The fraction of sp³-hybridized carbons (Fsp3) is 0.154. The van der Waals surface area contributed by atoms with Crippen molar-refractivity contribution in [3.05, 3.63) is 46.2 Å². The van der Waals surface area contributed by atoms with Gasteiger partial charge in [-0.25, -0.2) is 4.79 Å². The summed E-state index contributed by atoms with van der Waals surface area (Å²) >= 11 is 1.63. The van der Waals surface area contributed by atoms with Crippen molar-refractivity contribution >= 4 is 23.0 Å². The van der Waals surface area contributed by atoms with Crippen LogP contribution in [0.25, 0.3) is 0 Å². The molecule has 0 radical (unpaired) electrons. The number of aromatic carboxylic acids is 1. The van der Waals surface area contributed by atoms with Gasteiger partial charge in [-0.3, -0.25) is 0 Å². The number of hydrogen-bond donors (Lipinski definition) is 2. The van der Waals surface area contributed by atoms with Gasteiger partial charge in [-0.2, -0.15) is 0 Å². The van der Waals surface area contributed by atoms with E-state index in [2.05, 4.69) is 5.32 Å². The summed E-state index contributed by atoms with van der Waals surface area (Å²) in [6.45, 7) is 0.602. The summed E-state index contributed by atoms with van der Waals surface area (Å²) in [6.07, 6.45) is 0. The number of thiophene rings is 1. The Kier molecular flexibility index (Phi) is 3.84. The summed E-state index contributed by atoms with van der Waals surface area (Å²) in [5.41, 5.74) is 0.808. The first-order chi connectivity index (χ1) is 8.70. The van der Waals surface area contributed by atoms with E-state index in [1.807, 2.05) is 17.5 Å². The van der Waals surface area contributed by atoms with Gasteiger partial charge in [-0.1, -0.05) is 6.07 Å². The summed E-state index contributed by atoms with van der Waals surface area (Å²) in [4.78, 5) is 12.3. The normalized spacial score (nSPS) is 10.1. The van der Waals surface area contributed by atoms with Crippen LogP contribution in [0, 0.1) is 0 Å². The highest BCUT2D eigenvalue weighted by Crippen LogP contribution is 2.23. The Labute approximate surface area is 109 Å². The quantitative estimate of drug-likeness (QED) is 0.870. The van der Waals surface area contributed by atoms with Gasteiger partial charge >= 0.3 is 5.97 Å². The second-order valence-electron chi connectivity index (χ2n) is 3.65. The number of benzene rings is 1. The smallest absolute Gasteiger partial charge is 0.337 e. The molecule has 0 atom stereocenters. The molecule has 0 bridgehead atoms. The third kappa shape index (κ3) is 2.81. The van der Waals surface area contributed by atoms with Crippen LogP contribution in [0.3, 0.4) is 0 Å². The molecule has 0 unspecified atom stereocenters. The van der Waals surface area contributed by atoms with Crippen molar-refractivity contribution in [1.29, 1.82) is 0 Å². The van der Waals surface area contributed by atoms with Crippen LogP contribution in [-0.2, 0) is 6.54 Å². The molecule has 4 nitrogen and oxygen atoms in total. The zero-order valence-electron chi connectivity index (χ0n) is 9.84. The van der Waals surface area contributed by atoms with Crippen molar-refractivity contribution in [2.75, 3.05) is 12.4 Å². The number of rotatable bonds is 5. The predicted molar refractivity (Wildman–Crippen MR) is 71.6 cm³/mol. The lowest BCUT2D eigenvalue weighted by molar-refractivity contribution is 0.0698. The minimum atomic E-state index is -0.952. The van der Waals surface area contributed by atoms with E-state index < -0.39 is 5.97 Å². The number of carboxylic acid groups (broad SMARTS) is 1. The molecule has 18 heavy (non-hydrogen) atoms. The van der Waals surface area contributed by atoms with Gasteiger partial charge in [0.05, 0.1) is 18.4 Å². The van der Waals surface area contributed by atoms with Crippen LogP contribution in [0.1, 0.15) is 15.2 Å². The van der Waals surface area contributed by atoms with E-state index in [1.165, 1.54) is 6.07 Å². The van der Waals surface area contributed by atoms with Crippen LogP contribution in [0.2, 0.25) is 0 Å². The SMILES string of the molecule is COc1ccc(C(=O)O)c(NCc2cccs2)c1. The number of ether oxygens (including phenoxy) is 1. The van der Waals surface area contributed by atoms with E-state index in [0.29, 0.717) is 18.0 Å². The standard InChI is InChI=1S/C13H13NO3S/c1-17-9-4-5-11(13(15)16)12(7-9)14-8-10-3-2-6-18-10/h2-7,14H,8H2,1H3,(H,15,16). The van der Waals surface area contributed by atoms with Crippen LogP contribution in [0.15, 0.2) is 35.7 Å². The number of anilines is 1. The molecular weight excluding hydrogens is 250 g/mol. The monoisotopic (exact) mass is 263 g/mol. The number of carboxylic acids is 1. The third-order valence-electron chi connectivity index (χ3n) is 2.49. The van der Waals surface area contributed by atoms with E-state index in [4.69, 9.17) is 9.84 Å². The maximum atomic E-state index is 11.1. The molecule has 0 saturated carbocycles. The third-order valence-corrected chi connectivity index (χ3v) is 3.37. The van der Waals surface area contributed by atoms with Gasteiger partial charge in [0.15, 0.2) is 0 Å². The number of hydrogen-bond acceptors (Lipinski definition) is 4. The molecule has 0 amide bonds. The van der Waals surface area contributed by atoms with Crippen molar-refractivity contribution in [1.82, 2.24) is 0 Å². The summed E-state index contributed by atoms with van der Waals surface area (Å²) in [7, 11) is 1.55. The minimum Gasteiger partial charge on any atom is -0.497 e. The molecule has 0 saturated heterocycles. The fourth-order valence-corrected chi connectivity index (χ4v) is 2.22. The highest BCUT2D eigenvalue weighted by Gasteiger charge is 2.10. The first-order valence-corrected chi connectivity index (χ1v) is 6.26. The van der Waals surface area contributed by atoms with Crippen molar-refractivity contribution < 1.29 is 14.6 Å². The van der Waals surface area contributed by atoms with Gasteiger partial charge in [0, 0.05) is 17.5 Å². The summed E-state index contributed by atoms with van der Waals surface area (Å²) in [5, 5.41) is 14.2. The lowest BCUT2D eigenvalue weighted by Gasteiger charge is -2.10. The summed E-state index contributed by atoms with van der Waals surface area (Å²) in [6, 6.07) is 8.83. The molecule has 1 aromatic heterocycles. The van der Waals surface area contributed by atoms with Crippen molar-refractivity contribution in [2.24, 2.45) is 0 Å². The highest BCUT2D eigenvalue weighted by atomic mass is 32.1. The molecule has 2 rings (SSSR count). The van der Waals surface area contributed by atoms with Gasteiger partial charge in [0.2, 0.25) is 0 Å². The number of nitrogens with one attached hydrogen (secondary N) is 1. The van der Waals surface area contributed by atoms with E-state index in [1.54, 1.807) is 30.6 Å². The maximum absolute atomic E-state index is 11.1. The van der Waals surface area contributed by atoms with Crippen LogP contribution in [-0.4, -0.2) is 18.2 Å². The Morgan fingerprint density at radius 2 is 2.28 bits per heavy atom. The molecule has 5 heteroatoms. The molecule has 94 valence electrons. The van der Waals surface area contributed by atoms with E-state index >= 15 is 0 Å². The van der Waals surface area contributed by atoms with Crippen molar-refractivity contribution in [2.45, 2.75) is 6.54 Å². The van der Waals surface area contributed by atoms with Crippen molar-refractivity contribution in [3.8, 4) is 5.75 Å². The Balaban J connectivity index is 2.20. The molecule has 0 aliphatic rings. The predicted octanol–water partition coefficient (Wildman–Crippen LogP) is 3.07. The lowest BCUT2D eigenvalue weighted by Crippen LogP contribution is -2.06. The Morgan fingerprint density at radius 3 is 2.89 bits per heavy atom. The molecule has 2 aromatic rings.